The molecule has 3 unspecified atom stereocenters. The number of fused-ring (bicyclic) bond motifs is 1. The lowest BCUT2D eigenvalue weighted by atomic mass is 9.66. The highest BCUT2D eigenvalue weighted by Gasteiger charge is 2.47. The van der Waals surface area contributed by atoms with Gasteiger partial charge in [-0.1, -0.05) is 0 Å². The van der Waals surface area contributed by atoms with Crippen LogP contribution in [0.25, 0.3) is 0 Å². The summed E-state index contributed by atoms with van der Waals surface area (Å²) in [5, 5.41) is 8.92. The van der Waals surface area contributed by atoms with Crippen LogP contribution in [0.15, 0.2) is 0 Å². The molecule has 3 atom stereocenters. The molecule has 2 aliphatic rings. The van der Waals surface area contributed by atoms with Gasteiger partial charge in [0.25, 0.3) is 0 Å². The van der Waals surface area contributed by atoms with Crippen LogP contribution in [-0.2, 0) is 9.53 Å². The zero-order chi connectivity index (χ0) is 14.2. The van der Waals surface area contributed by atoms with E-state index in [1.54, 1.807) is 4.90 Å². The highest BCUT2D eigenvalue weighted by Crippen LogP contribution is 2.44. The minimum absolute atomic E-state index is 0.188. The molecule has 1 aliphatic carbocycles. The Kier molecular flexibility index (Phi) is 3.74. The molecule has 0 aromatic carbocycles. The van der Waals surface area contributed by atoms with Gasteiger partial charge in [-0.25, -0.2) is 4.79 Å². The van der Waals surface area contributed by atoms with Gasteiger partial charge in [0.1, 0.15) is 5.60 Å². The molecular weight excluding hydrogens is 246 g/mol. The molecule has 0 aromatic heterocycles. The van der Waals surface area contributed by atoms with Crippen LogP contribution in [0.1, 0.15) is 46.5 Å². The van der Waals surface area contributed by atoms with Crippen LogP contribution in [0.5, 0.6) is 0 Å². The van der Waals surface area contributed by atoms with Crippen LogP contribution in [0.2, 0.25) is 0 Å². The van der Waals surface area contributed by atoms with Crippen molar-refractivity contribution in [3.8, 4) is 0 Å². The molecule has 0 spiro atoms. The predicted molar refractivity (Wildman–Crippen MR) is 69.8 cm³/mol. The third-order valence-corrected chi connectivity index (χ3v) is 4.10. The predicted octanol–water partition coefficient (Wildman–Crippen LogP) is 2.50. The molecule has 2 fully saturated rings. The normalized spacial score (nSPS) is 30.3. The summed E-state index contributed by atoms with van der Waals surface area (Å²) in [6.07, 6.45) is 2.74. The van der Waals surface area contributed by atoms with Crippen molar-refractivity contribution in [2.24, 2.45) is 11.8 Å². The number of carboxylic acids is 1. The minimum atomic E-state index is -0.735. The van der Waals surface area contributed by atoms with Crippen LogP contribution in [0.4, 0.5) is 4.79 Å². The van der Waals surface area contributed by atoms with Crippen LogP contribution in [0.3, 0.4) is 0 Å². The number of hydrogen-bond acceptors (Lipinski definition) is 3. The van der Waals surface area contributed by atoms with E-state index < -0.39 is 11.6 Å². The van der Waals surface area contributed by atoms with Crippen LogP contribution >= 0.6 is 0 Å². The van der Waals surface area contributed by atoms with Crippen molar-refractivity contribution < 1.29 is 19.4 Å². The molecule has 1 N–H and O–H groups in total. The quantitative estimate of drug-likeness (QED) is 0.836. The van der Waals surface area contributed by atoms with Crippen molar-refractivity contribution in [2.75, 3.05) is 6.54 Å². The van der Waals surface area contributed by atoms with E-state index in [9.17, 15) is 9.59 Å². The third kappa shape index (κ3) is 3.19. The number of hydrogen-bond donors (Lipinski definition) is 1. The molecule has 1 amide bonds. The summed E-state index contributed by atoms with van der Waals surface area (Å²) in [7, 11) is 0. The first kappa shape index (κ1) is 14.2. The van der Waals surface area contributed by atoms with E-state index in [0.29, 0.717) is 12.5 Å². The van der Waals surface area contributed by atoms with Gasteiger partial charge in [0.05, 0.1) is 0 Å². The summed E-state index contributed by atoms with van der Waals surface area (Å²) >= 11 is 0. The number of carbonyl (C=O) groups is 2. The molecule has 108 valence electrons. The maximum Gasteiger partial charge on any atom is 0.410 e. The van der Waals surface area contributed by atoms with Crippen molar-refractivity contribution in [1.29, 1.82) is 0 Å². The largest absolute Gasteiger partial charge is 0.481 e. The average Bonchev–Trinajstić information content (AvgIpc) is 2.16. The Bertz CT molecular complexity index is 374. The van der Waals surface area contributed by atoms with Gasteiger partial charge >= 0.3 is 12.1 Å². The maximum absolute atomic E-state index is 12.1. The Hall–Kier alpha value is -1.26. The van der Waals surface area contributed by atoms with E-state index in [1.165, 1.54) is 0 Å². The maximum atomic E-state index is 12.1. The number of ether oxygens (including phenoxy) is 1. The van der Waals surface area contributed by atoms with Crippen molar-refractivity contribution in [2.45, 2.75) is 58.1 Å². The first-order valence-corrected chi connectivity index (χ1v) is 6.99. The molecule has 0 bridgehead atoms. The van der Waals surface area contributed by atoms with Crippen molar-refractivity contribution in [3.05, 3.63) is 0 Å². The topological polar surface area (TPSA) is 66.8 Å². The monoisotopic (exact) mass is 269 g/mol. The van der Waals surface area contributed by atoms with Gasteiger partial charge in [-0.05, 0) is 51.9 Å². The second-order valence-electron chi connectivity index (χ2n) is 6.63. The highest BCUT2D eigenvalue weighted by molar-refractivity contribution is 5.69. The number of piperidine rings is 1. The van der Waals surface area contributed by atoms with Gasteiger partial charge in [-0.2, -0.15) is 0 Å². The van der Waals surface area contributed by atoms with Crippen molar-refractivity contribution >= 4 is 12.1 Å². The molecule has 1 saturated carbocycles. The number of carboxylic acid groups (broad SMARTS) is 1. The van der Waals surface area contributed by atoms with Gasteiger partial charge in [0.15, 0.2) is 0 Å². The Balaban J connectivity index is 1.96. The van der Waals surface area contributed by atoms with Gasteiger partial charge in [0.2, 0.25) is 0 Å². The molecule has 0 aromatic rings. The minimum Gasteiger partial charge on any atom is -0.481 e. The Labute approximate surface area is 113 Å². The second kappa shape index (κ2) is 5.02. The molecule has 2 rings (SSSR count). The number of carbonyl (C=O) groups excluding carboxylic acids is 1. The SMILES string of the molecule is CC(C)(C)OC(=O)N1CCC(CC(=O)O)C2CCC21. The summed E-state index contributed by atoms with van der Waals surface area (Å²) < 4.78 is 5.42. The number of amides is 1. The zero-order valence-corrected chi connectivity index (χ0v) is 11.9. The first-order chi connectivity index (χ1) is 8.78. The lowest BCUT2D eigenvalue weighted by Gasteiger charge is -2.51. The fourth-order valence-corrected chi connectivity index (χ4v) is 3.15. The Morgan fingerprint density at radius 1 is 1.26 bits per heavy atom. The molecule has 1 aliphatic heterocycles. The Morgan fingerprint density at radius 3 is 2.42 bits per heavy atom. The highest BCUT2D eigenvalue weighted by atomic mass is 16.6. The molecule has 1 saturated heterocycles. The van der Waals surface area contributed by atoms with E-state index in [1.807, 2.05) is 20.8 Å². The zero-order valence-electron chi connectivity index (χ0n) is 11.9. The standard InChI is InChI=1S/C14H23NO4/c1-14(2,3)19-13(18)15-7-6-9(8-12(16)17)10-4-5-11(10)15/h9-11H,4-8H2,1-3H3,(H,16,17). The average molecular weight is 269 g/mol. The van der Waals surface area contributed by atoms with E-state index in [4.69, 9.17) is 9.84 Å². The summed E-state index contributed by atoms with van der Waals surface area (Å²) in [6.45, 7) is 6.20. The number of rotatable bonds is 2. The molecular formula is C14H23NO4. The van der Waals surface area contributed by atoms with Gasteiger partial charge in [0, 0.05) is 19.0 Å². The smallest absolute Gasteiger partial charge is 0.410 e. The third-order valence-electron chi connectivity index (χ3n) is 4.10. The number of likely N-dealkylation sites (tertiary alicyclic amines) is 1. The Morgan fingerprint density at radius 2 is 1.95 bits per heavy atom. The van der Waals surface area contributed by atoms with Gasteiger partial charge in [-0.3, -0.25) is 4.79 Å². The number of aliphatic carboxylic acids is 1. The van der Waals surface area contributed by atoms with E-state index in [0.717, 1.165) is 19.3 Å². The molecule has 19 heavy (non-hydrogen) atoms. The van der Waals surface area contributed by atoms with Crippen molar-refractivity contribution in [1.82, 2.24) is 4.90 Å². The van der Waals surface area contributed by atoms with E-state index >= 15 is 0 Å². The summed E-state index contributed by atoms with van der Waals surface area (Å²) in [6, 6.07) is 0.188. The fraction of sp³-hybridized carbons (Fsp3) is 0.857. The molecule has 5 nitrogen and oxygen atoms in total. The van der Waals surface area contributed by atoms with E-state index in [2.05, 4.69) is 0 Å². The van der Waals surface area contributed by atoms with Crippen molar-refractivity contribution in [3.63, 3.8) is 0 Å². The molecule has 0 radical (unpaired) electrons. The molecule has 5 heteroatoms. The van der Waals surface area contributed by atoms with E-state index in [-0.39, 0.29) is 24.5 Å². The number of nitrogens with zero attached hydrogens (tertiary/aromatic N) is 1. The summed E-state index contributed by atoms with van der Waals surface area (Å²) in [5.41, 5.74) is -0.478. The van der Waals surface area contributed by atoms with Crippen LogP contribution in [0, 0.1) is 11.8 Å². The summed E-state index contributed by atoms with van der Waals surface area (Å²) in [4.78, 5) is 24.8. The lowest BCUT2D eigenvalue weighted by molar-refractivity contribution is -0.140. The van der Waals surface area contributed by atoms with Gasteiger partial charge < -0.3 is 14.7 Å². The first-order valence-electron chi connectivity index (χ1n) is 6.99. The summed E-state index contributed by atoms with van der Waals surface area (Å²) in [5.74, 6) is -0.173. The second-order valence-corrected chi connectivity index (χ2v) is 6.63. The van der Waals surface area contributed by atoms with Gasteiger partial charge in [-0.15, -0.1) is 0 Å². The van der Waals surface area contributed by atoms with Crippen LogP contribution < -0.4 is 0 Å². The van der Waals surface area contributed by atoms with Crippen LogP contribution in [-0.4, -0.2) is 40.3 Å². The fourth-order valence-electron chi connectivity index (χ4n) is 3.15. The molecule has 1 heterocycles. The lowest BCUT2D eigenvalue weighted by Crippen LogP contribution is -2.57.